The number of aromatic nitrogens is 2. The van der Waals surface area contributed by atoms with E-state index in [2.05, 4.69) is 17.0 Å². The fourth-order valence-electron chi connectivity index (χ4n) is 4.86. The van der Waals surface area contributed by atoms with Crippen molar-refractivity contribution in [3.8, 4) is 0 Å². The van der Waals surface area contributed by atoms with Gasteiger partial charge in [-0.2, -0.15) is 0 Å². The first-order chi connectivity index (χ1) is 16.0. The van der Waals surface area contributed by atoms with E-state index in [1.165, 1.54) is 0 Å². The summed E-state index contributed by atoms with van der Waals surface area (Å²) in [6.07, 6.45) is 9.22. The van der Waals surface area contributed by atoms with E-state index in [-0.39, 0.29) is 6.04 Å². The van der Waals surface area contributed by atoms with Gasteiger partial charge in [-0.15, -0.1) is 0 Å². The average Bonchev–Trinajstić information content (AvgIpc) is 3.23. The summed E-state index contributed by atoms with van der Waals surface area (Å²) < 4.78 is 6.70. The topological polar surface area (TPSA) is 72.3 Å². The van der Waals surface area contributed by atoms with Crippen LogP contribution in [0.4, 0.5) is 0 Å². The van der Waals surface area contributed by atoms with Crippen LogP contribution < -0.4 is 0 Å². The predicted octanol–water partition coefficient (Wildman–Crippen LogP) is 3.50. The number of likely N-dealkylation sites (N-methyl/N-ethyl adjacent to an activating group) is 1. The molecule has 1 aromatic heterocycles. The molecule has 1 aliphatic rings. The monoisotopic (exact) mass is 446 g/mol. The van der Waals surface area contributed by atoms with E-state index in [0.29, 0.717) is 17.7 Å². The zero-order chi connectivity index (χ0) is 23.2. The zero-order valence-corrected chi connectivity index (χ0v) is 19.1. The molecular formula is C27H32N3O3+. The predicted molar refractivity (Wildman–Crippen MR) is 126 cm³/mol. The summed E-state index contributed by atoms with van der Waals surface area (Å²) in [4.78, 5) is 21.8. The third-order valence-corrected chi connectivity index (χ3v) is 6.89. The van der Waals surface area contributed by atoms with Crippen molar-refractivity contribution in [2.75, 3.05) is 26.7 Å². The van der Waals surface area contributed by atoms with Crippen molar-refractivity contribution in [3.63, 3.8) is 0 Å². The molecule has 1 N–H and O–H groups in total. The molecule has 2 heterocycles. The van der Waals surface area contributed by atoms with Gasteiger partial charge < -0.3 is 14.3 Å². The van der Waals surface area contributed by atoms with Crippen LogP contribution >= 0.6 is 0 Å². The number of rotatable bonds is 9. The van der Waals surface area contributed by atoms with Crippen molar-refractivity contribution in [2.45, 2.75) is 37.3 Å². The van der Waals surface area contributed by atoms with E-state index in [9.17, 15) is 9.90 Å². The van der Waals surface area contributed by atoms with Gasteiger partial charge >= 0.3 is 5.97 Å². The third-order valence-electron chi connectivity index (χ3n) is 6.89. The second kappa shape index (κ2) is 10.2. The summed E-state index contributed by atoms with van der Waals surface area (Å²) in [6.45, 7) is 2.34. The maximum absolute atomic E-state index is 13.3. The smallest absolute Gasteiger partial charge is 0.347 e. The highest BCUT2D eigenvalue weighted by molar-refractivity contribution is 5.85. The molecule has 1 unspecified atom stereocenters. The lowest BCUT2D eigenvalue weighted by molar-refractivity contribution is -0.921. The Morgan fingerprint density at radius 3 is 2.36 bits per heavy atom. The van der Waals surface area contributed by atoms with Gasteiger partial charge in [-0.1, -0.05) is 60.7 Å². The van der Waals surface area contributed by atoms with Crippen molar-refractivity contribution < 1.29 is 19.1 Å². The fraction of sp³-hybridized carbons (Fsp3) is 0.370. The molecule has 6 nitrogen and oxygen atoms in total. The lowest BCUT2D eigenvalue weighted by Crippen LogP contribution is -2.51. The molecule has 3 aromatic rings. The number of ether oxygens (including phenoxy) is 1. The molecule has 0 bridgehead atoms. The molecular weight excluding hydrogens is 414 g/mol. The van der Waals surface area contributed by atoms with Crippen molar-refractivity contribution >= 4 is 5.97 Å². The number of nitrogens with zero attached hydrogens (tertiary/aromatic N) is 3. The lowest BCUT2D eigenvalue weighted by atomic mass is 9.86. The number of quaternary nitrogens is 1. The van der Waals surface area contributed by atoms with Crippen LogP contribution in [0.25, 0.3) is 0 Å². The molecule has 1 fully saturated rings. The standard InChI is InChI=1S/C27H32N3O3/c1-30(18-8-14-24-20-28-16-17-29-24)19-9-15-25(30)21-33-26(31)27(32,22-10-4-2-5-11-22)23-12-6-3-7-13-23/h2-7,10-13,16-17,20,25,32H,8-9,14-15,18-19,21H2,1H3/q+1/t25?,30-/m0/s1. The molecule has 0 saturated carbocycles. The molecule has 172 valence electrons. The van der Waals surface area contributed by atoms with Gasteiger partial charge in [-0.25, -0.2) is 4.79 Å². The Kier molecular flexibility index (Phi) is 7.16. The zero-order valence-electron chi connectivity index (χ0n) is 19.1. The van der Waals surface area contributed by atoms with Gasteiger partial charge in [-0.3, -0.25) is 9.97 Å². The largest absolute Gasteiger partial charge is 0.457 e. The van der Waals surface area contributed by atoms with E-state index >= 15 is 0 Å². The summed E-state index contributed by atoms with van der Waals surface area (Å²) in [5.41, 5.74) is 0.181. The second-order valence-electron chi connectivity index (χ2n) is 9.06. The SMILES string of the molecule is C[N@+]1(CCCc2cnccn2)CCCC1COC(=O)C(O)(c1ccccc1)c1ccccc1. The Hall–Kier alpha value is -3.09. The van der Waals surface area contributed by atoms with Crippen LogP contribution in [0.1, 0.15) is 36.1 Å². The minimum absolute atomic E-state index is 0.214. The number of esters is 1. The van der Waals surface area contributed by atoms with Gasteiger partial charge in [0.15, 0.2) is 0 Å². The lowest BCUT2D eigenvalue weighted by Gasteiger charge is -2.36. The summed E-state index contributed by atoms with van der Waals surface area (Å²) in [6, 6.07) is 18.3. The number of carbonyl (C=O) groups excluding carboxylic acids is 1. The van der Waals surface area contributed by atoms with Crippen LogP contribution in [0.3, 0.4) is 0 Å². The highest BCUT2D eigenvalue weighted by Crippen LogP contribution is 2.32. The van der Waals surface area contributed by atoms with Crippen LogP contribution in [0.15, 0.2) is 79.3 Å². The van der Waals surface area contributed by atoms with Crippen LogP contribution in [0.2, 0.25) is 0 Å². The van der Waals surface area contributed by atoms with Crippen molar-refractivity contribution in [1.29, 1.82) is 0 Å². The third kappa shape index (κ3) is 5.13. The Morgan fingerprint density at radius 2 is 1.76 bits per heavy atom. The quantitative estimate of drug-likeness (QED) is 0.402. The first-order valence-electron chi connectivity index (χ1n) is 11.6. The molecule has 1 saturated heterocycles. The van der Waals surface area contributed by atoms with E-state index in [1.54, 1.807) is 36.7 Å². The average molecular weight is 447 g/mol. The number of carbonyl (C=O) groups is 1. The van der Waals surface area contributed by atoms with Crippen molar-refractivity contribution in [2.24, 2.45) is 0 Å². The maximum Gasteiger partial charge on any atom is 0.347 e. The Bertz CT molecular complexity index is 991. The van der Waals surface area contributed by atoms with Crippen molar-refractivity contribution in [1.82, 2.24) is 9.97 Å². The minimum atomic E-state index is -1.84. The number of likely N-dealkylation sites (tertiary alicyclic amines) is 1. The Morgan fingerprint density at radius 1 is 1.09 bits per heavy atom. The van der Waals surface area contributed by atoms with E-state index in [0.717, 1.165) is 48.9 Å². The van der Waals surface area contributed by atoms with E-state index < -0.39 is 11.6 Å². The molecule has 4 rings (SSSR count). The summed E-state index contributed by atoms with van der Waals surface area (Å²) in [5, 5.41) is 11.6. The Labute approximate surface area is 195 Å². The van der Waals surface area contributed by atoms with Crippen LogP contribution in [0, 0.1) is 0 Å². The first kappa shape index (κ1) is 23.1. The first-order valence-corrected chi connectivity index (χ1v) is 11.6. The highest BCUT2D eigenvalue weighted by Gasteiger charge is 2.44. The molecule has 2 aromatic carbocycles. The molecule has 6 heteroatoms. The molecule has 0 amide bonds. The van der Waals surface area contributed by atoms with Crippen LogP contribution in [-0.2, 0) is 21.6 Å². The summed E-state index contributed by atoms with van der Waals surface area (Å²) in [7, 11) is 2.24. The fourth-order valence-corrected chi connectivity index (χ4v) is 4.86. The van der Waals surface area contributed by atoms with Crippen molar-refractivity contribution in [3.05, 3.63) is 96.1 Å². The number of aliphatic hydroxyl groups is 1. The van der Waals surface area contributed by atoms with Gasteiger partial charge in [0.1, 0.15) is 12.6 Å². The number of aryl methyl sites for hydroxylation is 1. The van der Waals surface area contributed by atoms with Crippen LogP contribution in [0.5, 0.6) is 0 Å². The summed E-state index contributed by atoms with van der Waals surface area (Å²) in [5.74, 6) is -0.627. The van der Waals surface area contributed by atoms with Gasteiger partial charge in [0.2, 0.25) is 5.60 Å². The molecule has 0 spiro atoms. The van der Waals surface area contributed by atoms with E-state index in [1.807, 2.05) is 42.6 Å². The molecule has 1 aliphatic heterocycles. The number of hydrogen-bond donors (Lipinski definition) is 1. The maximum atomic E-state index is 13.3. The van der Waals surface area contributed by atoms with Gasteiger partial charge in [0, 0.05) is 37.9 Å². The normalized spacial score (nSPS) is 20.5. The molecule has 0 radical (unpaired) electrons. The number of benzene rings is 2. The number of hydrogen-bond acceptors (Lipinski definition) is 5. The summed E-state index contributed by atoms with van der Waals surface area (Å²) >= 11 is 0. The molecule has 0 aliphatic carbocycles. The van der Waals surface area contributed by atoms with Crippen LogP contribution in [-0.4, -0.2) is 58.3 Å². The second-order valence-corrected chi connectivity index (χ2v) is 9.06. The Balaban J connectivity index is 1.43. The molecule has 33 heavy (non-hydrogen) atoms. The van der Waals surface area contributed by atoms with E-state index in [4.69, 9.17) is 4.74 Å². The van der Waals surface area contributed by atoms with Gasteiger partial charge in [0.25, 0.3) is 0 Å². The highest BCUT2D eigenvalue weighted by atomic mass is 16.6. The van der Waals surface area contributed by atoms with Gasteiger partial charge in [-0.05, 0) is 17.5 Å². The van der Waals surface area contributed by atoms with Gasteiger partial charge in [0.05, 0.1) is 25.8 Å². The minimum Gasteiger partial charge on any atom is -0.457 e. The molecule has 2 atom stereocenters.